The molecule has 3 heterocycles. The average molecular weight is 425 g/mol. The van der Waals surface area contributed by atoms with Crippen LogP contribution in [0.25, 0.3) is 16.8 Å². The van der Waals surface area contributed by atoms with Crippen molar-refractivity contribution in [2.75, 3.05) is 11.9 Å². The van der Waals surface area contributed by atoms with Crippen LogP contribution in [0.1, 0.15) is 33.4 Å². The van der Waals surface area contributed by atoms with Crippen LogP contribution in [-0.4, -0.2) is 33.3 Å². The van der Waals surface area contributed by atoms with Crippen LogP contribution in [0.3, 0.4) is 0 Å². The van der Waals surface area contributed by atoms with Crippen molar-refractivity contribution in [2.24, 2.45) is 0 Å². The Kier molecular flexibility index (Phi) is 5.24. The number of hydrogen-bond acceptors (Lipinski definition) is 6. The fourth-order valence-corrected chi connectivity index (χ4v) is 3.32. The molecular weight excluding hydrogens is 408 g/mol. The number of benzene rings is 1. The van der Waals surface area contributed by atoms with Crippen molar-refractivity contribution in [1.29, 1.82) is 0 Å². The zero-order valence-corrected chi connectivity index (χ0v) is 16.9. The minimum absolute atomic E-state index is 0.254. The van der Waals surface area contributed by atoms with Gasteiger partial charge in [-0.3, -0.25) is 4.79 Å². The van der Waals surface area contributed by atoms with E-state index in [9.17, 15) is 9.59 Å². The molecule has 3 aromatic heterocycles. The summed E-state index contributed by atoms with van der Waals surface area (Å²) in [6, 6.07) is 10.4. The minimum Gasteiger partial charge on any atom is -0.462 e. The van der Waals surface area contributed by atoms with Crippen LogP contribution >= 0.6 is 11.6 Å². The highest BCUT2D eigenvalue weighted by molar-refractivity contribution is 6.33. The zero-order chi connectivity index (χ0) is 21.3. The second kappa shape index (κ2) is 8.00. The van der Waals surface area contributed by atoms with Gasteiger partial charge in [0, 0.05) is 17.4 Å². The predicted octanol–water partition coefficient (Wildman–Crippen LogP) is 4.38. The zero-order valence-electron chi connectivity index (χ0n) is 16.2. The molecule has 9 heteroatoms. The van der Waals surface area contributed by atoms with Crippen molar-refractivity contribution >= 4 is 34.7 Å². The van der Waals surface area contributed by atoms with Gasteiger partial charge in [0.25, 0.3) is 5.91 Å². The van der Waals surface area contributed by atoms with Crippen LogP contribution in [0.2, 0.25) is 5.02 Å². The summed E-state index contributed by atoms with van der Waals surface area (Å²) in [7, 11) is 0. The molecule has 0 unspecified atom stereocenters. The van der Waals surface area contributed by atoms with E-state index in [1.54, 1.807) is 56.4 Å². The number of amides is 1. The molecule has 152 valence electrons. The summed E-state index contributed by atoms with van der Waals surface area (Å²) in [5.41, 5.74) is 2.53. The molecule has 1 amide bonds. The third kappa shape index (κ3) is 3.53. The Bertz CT molecular complexity index is 1260. The summed E-state index contributed by atoms with van der Waals surface area (Å²) in [5, 5.41) is 11.4. The van der Waals surface area contributed by atoms with Crippen LogP contribution in [0.15, 0.2) is 53.3 Å². The first-order chi connectivity index (χ1) is 14.5. The number of carbonyl (C=O) groups is 2. The molecule has 1 N–H and O–H groups in total. The number of rotatable bonds is 5. The number of pyridine rings is 1. The van der Waals surface area contributed by atoms with Crippen molar-refractivity contribution in [2.45, 2.75) is 13.8 Å². The van der Waals surface area contributed by atoms with E-state index in [-0.39, 0.29) is 12.2 Å². The second-order valence-electron chi connectivity index (χ2n) is 6.42. The molecule has 4 aromatic rings. The first-order valence-corrected chi connectivity index (χ1v) is 9.54. The number of nitrogens with one attached hydrogen (secondary N) is 1. The number of hydrogen-bond donors (Lipinski definition) is 1. The quantitative estimate of drug-likeness (QED) is 0.477. The number of halogens is 1. The number of esters is 1. The van der Waals surface area contributed by atoms with E-state index < -0.39 is 11.9 Å². The van der Waals surface area contributed by atoms with Crippen molar-refractivity contribution in [3.63, 3.8) is 0 Å². The third-order valence-corrected chi connectivity index (χ3v) is 4.82. The number of anilines is 1. The summed E-state index contributed by atoms with van der Waals surface area (Å²) in [6.07, 6.45) is 3.07. The van der Waals surface area contributed by atoms with Crippen LogP contribution in [0.4, 0.5) is 5.69 Å². The van der Waals surface area contributed by atoms with Crippen LogP contribution in [0.5, 0.6) is 0 Å². The average Bonchev–Trinajstić information content (AvgIpc) is 3.32. The maximum atomic E-state index is 13.0. The second-order valence-corrected chi connectivity index (χ2v) is 6.83. The molecule has 4 rings (SSSR count). The standard InChI is InChI=1S/C21H17ClN4O4/c1-3-29-21(28)15-11-23-26-9-8-13(10-17(15)26)24-20(27)18-12(2)30-25-19(18)14-6-4-5-7-16(14)22/h4-11H,3H2,1-2H3,(H,24,27). The predicted molar refractivity (Wildman–Crippen MR) is 111 cm³/mol. The first kappa shape index (κ1) is 19.7. The van der Waals surface area contributed by atoms with Gasteiger partial charge in [0.15, 0.2) is 0 Å². The van der Waals surface area contributed by atoms with Gasteiger partial charge in [-0.15, -0.1) is 0 Å². The highest BCUT2D eigenvalue weighted by atomic mass is 35.5. The highest BCUT2D eigenvalue weighted by Crippen LogP contribution is 2.31. The normalized spacial score (nSPS) is 10.9. The fourth-order valence-electron chi connectivity index (χ4n) is 3.09. The minimum atomic E-state index is -0.480. The van der Waals surface area contributed by atoms with E-state index in [4.69, 9.17) is 20.9 Å². The molecule has 0 spiro atoms. The van der Waals surface area contributed by atoms with Crippen molar-refractivity contribution in [1.82, 2.24) is 14.8 Å². The van der Waals surface area contributed by atoms with Crippen LogP contribution < -0.4 is 5.32 Å². The van der Waals surface area contributed by atoms with Gasteiger partial charge in [-0.05, 0) is 32.0 Å². The molecule has 0 bridgehead atoms. The van der Waals surface area contributed by atoms with Gasteiger partial charge in [-0.1, -0.05) is 35.0 Å². The van der Waals surface area contributed by atoms with Gasteiger partial charge in [-0.2, -0.15) is 5.10 Å². The number of nitrogens with zero attached hydrogens (tertiary/aromatic N) is 3. The van der Waals surface area contributed by atoms with E-state index in [2.05, 4.69) is 15.6 Å². The molecule has 0 radical (unpaired) electrons. The molecule has 0 atom stereocenters. The molecule has 8 nitrogen and oxygen atoms in total. The molecule has 0 aliphatic carbocycles. The summed E-state index contributed by atoms with van der Waals surface area (Å²) in [6.45, 7) is 3.64. The topological polar surface area (TPSA) is 98.7 Å². The lowest BCUT2D eigenvalue weighted by molar-refractivity contribution is 0.0528. The summed E-state index contributed by atoms with van der Waals surface area (Å²) in [4.78, 5) is 25.2. The van der Waals surface area contributed by atoms with E-state index in [0.717, 1.165) is 0 Å². The molecule has 0 aliphatic heterocycles. The maximum absolute atomic E-state index is 13.0. The van der Waals surface area contributed by atoms with Crippen LogP contribution in [-0.2, 0) is 4.74 Å². The van der Waals surface area contributed by atoms with E-state index in [1.165, 1.54) is 10.7 Å². The van der Waals surface area contributed by atoms with E-state index >= 15 is 0 Å². The number of aryl methyl sites for hydroxylation is 1. The van der Waals surface area contributed by atoms with Gasteiger partial charge < -0.3 is 14.6 Å². The molecule has 0 saturated carbocycles. The van der Waals surface area contributed by atoms with Crippen LogP contribution in [0, 0.1) is 6.92 Å². The largest absolute Gasteiger partial charge is 0.462 e. The van der Waals surface area contributed by atoms with E-state index in [1.807, 2.05) is 0 Å². The molecule has 0 saturated heterocycles. The number of ether oxygens (including phenoxy) is 1. The number of fused-ring (bicyclic) bond motifs is 1. The Morgan fingerprint density at radius 2 is 2.07 bits per heavy atom. The van der Waals surface area contributed by atoms with Gasteiger partial charge in [-0.25, -0.2) is 9.31 Å². The van der Waals surface area contributed by atoms with Gasteiger partial charge >= 0.3 is 5.97 Å². The Morgan fingerprint density at radius 3 is 2.83 bits per heavy atom. The lowest BCUT2D eigenvalue weighted by Crippen LogP contribution is -2.14. The Labute approximate surface area is 176 Å². The number of aromatic nitrogens is 3. The monoisotopic (exact) mass is 424 g/mol. The molecule has 0 fully saturated rings. The van der Waals surface area contributed by atoms with E-state index in [0.29, 0.717) is 38.8 Å². The molecule has 1 aromatic carbocycles. The Morgan fingerprint density at radius 1 is 1.27 bits per heavy atom. The van der Waals surface area contributed by atoms with Gasteiger partial charge in [0.1, 0.15) is 22.6 Å². The molecule has 30 heavy (non-hydrogen) atoms. The Hall–Kier alpha value is -3.65. The van der Waals surface area contributed by atoms with Crippen molar-refractivity contribution in [3.05, 3.63) is 70.7 Å². The molecule has 0 aliphatic rings. The highest BCUT2D eigenvalue weighted by Gasteiger charge is 2.23. The van der Waals surface area contributed by atoms with Crippen molar-refractivity contribution in [3.8, 4) is 11.3 Å². The fraction of sp³-hybridized carbons (Fsp3) is 0.143. The van der Waals surface area contributed by atoms with Crippen molar-refractivity contribution < 1.29 is 18.8 Å². The van der Waals surface area contributed by atoms with Gasteiger partial charge in [0.05, 0.1) is 23.3 Å². The smallest absolute Gasteiger partial charge is 0.341 e. The summed E-state index contributed by atoms with van der Waals surface area (Å²) in [5.74, 6) is -0.530. The summed E-state index contributed by atoms with van der Waals surface area (Å²) >= 11 is 6.26. The lowest BCUT2D eigenvalue weighted by Gasteiger charge is -2.08. The SMILES string of the molecule is CCOC(=O)c1cnn2ccc(NC(=O)c3c(-c4ccccc4Cl)noc3C)cc12. The van der Waals surface area contributed by atoms with Gasteiger partial charge in [0.2, 0.25) is 0 Å². The summed E-state index contributed by atoms with van der Waals surface area (Å²) < 4.78 is 11.8. The Balaban J connectivity index is 1.68. The lowest BCUT2D eigenvalue weighted by atomic mass is 10.1. The first-order valence-electron chi connectivity index (χ1n) is 9.16. The number of carbonyl (C=O) groups excluding carboxylic acids is 2. The third-order valence-electron chi connectivity index (χ3n) is 4.49. The maximum Gasteiger partial charge on any atom is 0.341 e. The molecular formula is C21H17ClN4O4.